The van der Waals surface area contributed by atoms with Crippen LogP contribution in [0.2, 0.25) is 0 Å². The molecular weight excluding hydrogens is 246 g/mol. The number of ketones is 1. The van der Waals surface area contributed by atoms with E-state index in [1.165, 1.54) is 11.3 Å². The molecule has 0 spiro atoms. The molecule has 3 rings (SSSR count). The normalized spacial score (nSPS) is 17.3. The molecule has 1 N–H and O–H groups in total. The Labute approximate surface area is 108 Å². The van der Waals surface area contributed by atoms with E-state index in [9.17, 15) is 9.59 Å². The molecule has 3 nitrogen and oxygen atoms in total. The van der Waals surface area contributed by atoms with Crippen molar-refractivity contribution in [3.05, 3.63) is 52.2 Å². The van der Waals surface area contributed by atoms with Crippen molar-refractivity contribution in [1.29, 1.82) is 0 Å². The molecule has 4 heteroatoms. The Morgan fingerprint density at radius 2 is 2.06 bits per heavy atom. The van der Waals surface area contributed by atoms with E-state index in [0.717, 1.165) is 11.3 Å². The summed E-state index contributed by atoms with van der Waals surface area (Å²) >= 11 is 1.42. The molecule has 1 aromatic carbocycles. The quantitative estimate of drug-likeness (QED) is 0.859. The average molecular weight is 257 g/mol. The lowest BCUT2D eigenvalue weighted by Gasteiger charge is -2.06. The lowest BCUT2D eigenvalue weighted by atomic mass is 9.95. The summed E-state index contributed by atoms with van der Waals surface area (Å²) in [4.78, 5) is 24.6. The first-order valence-electron chi connectivity index (χ1n) is 5.72. The summed E-state index contributed by atoms with van der Waals surface area (Å²) in [6.07, 6.45) is 0.239. The number of hydrogen-bond acceptors (Lipinski definition) is 3. The van der Waals surface area contributed by atoms with Gasteiger partial charge in [0.1, 0.15) is 0 Å². The number of benzene rings is 1. The first-order valence-corrected chi connectivity index (χ1v) is 6.60. The largest absolute Gasteiger partial charge is 0.325 e. The third-order valence-electron chi connectivity index (χ3n) is 3.10. The predicted octanol–water partition coefficient (Wildman–Crippen LogP) is 3.06. The van der Waals surface area contributed by atoms with Gasteiger partial charge in [-0.3, -0.25) is 9.59 Å². The van der Waals surface area contributed by atoms with Crippen LogP contribution in [0.3, 0.4) is 0 Å². The molecule has 2 aromatic rings. The smallest absolute Gasteiger partial charge is 0.232 e. The van der Waals surface area contributed by atoms with Crippen molar-refractivity contribution in [2.24, 2.45) is 0 Å². The van der Waals surface area contributed by atoms with E-state index in [0.29, 0.717) is 4.88 Å². The fourth-order valence-corrected chi connectivity index (χ4v) is 2.88. The number of rotatable bonds is 3. The number of hydrogen-bond donors (Lipinski definition) is 1. The number of fused-ring (bicyclic) bond motifs is 1. The molecule has 2 heterocycles. The predicted molar refractivity (Wildman–Crippen MR) is 71.1 cm³/mol. The fourth-order valence-electron chi connectivity index (χ4n) is 2.20. The summed E-state index contributed by atoms with van der Waals surface area (Å²) in [5.74, 6) is -0.404. The van der Waals surface area contributed by atoms with E-state index in [1.54, 1.807) is 6.07 Å². The Balaban J connectivity index is 1.85. The SMILES string of the molecule is O=C(CC1C(=O)Nc2ccccc21)c1cccs1. The lowest BCUT2D eigenvalue weighted by molar-refractivity contribution is -0.117. The number of amides is 1. The van der Waals surface area contributed by atoms with Crippen molar-refractivity contribution in [3.8, 4) is 0 Å². The maximum Gasteiger partial charge on any atom is 0.232 e. The first-order chi connectivity index (χ1) is 8.75. The van der Waals surface area contributed by atoms with Gasteiger partial charge in [0.25, 0.3) is 0 Å². The second kappa shape index (κ2) is 4.38. The standard InChI is InChI=1S/C14H11NO2S/c16-12(13-6-3-7-18-13)8-10-9-4-1-2-5-11(9)15-14(10)17/h1-7,10H,8H2,(H,15,17). The van der Waals surface area contributed by atoms with Crippen LogP contribution in [0.4, 0.5) is 5.69 Å². The van der Waals surface area contributed by atoms with Gasteiger partial charge in [0.05, 0.1) is 10.8 Å². The summed E-state index contributed by atoms with van der Waals surface area (Å²) < 4.78 is 0. The van der Waals surface area contributed by atoms with E-state index < -0.39 is 0 Å². The van der Waals surface area contributed by atoms with Crippen LogP contribution >= 0.6 is 11.3 Å². The molecule has 18 heavy (non-hydrogen) atoms. The van der Waals surface area contributed by atoms with Gasteiger partial charge in [-0.05, 0) is 23.1 Å². The molecule has 1 atom stereocenters. The number of thiophene rings is 1. The molecule has 1 amide bonds. The van der Waals surface area contributed by atoms with Crippen molar-refractivity contribution in [3.63, 3.8) is 0 Å². The van der Waals surface area contributed by atoms with Crippen LogP contribution in [-0.4, -0.2) is 11.7 Å². The lowest BCUT2D eigenvalue weighted by Crippen LogP contribution is -2.15. The molecule has 1 aromatic heterocycles. The van der Waals surface area contributed by atoms with Gasteiger partial charge in [-0.1, -0.05) is 24.3 Å². The molecule has 1 aliphatic heterocycles. The van der Waals surface area contributed by atoms with Crippen molar-refractivity contribution < 1.29 is 9.59 Å². The van der Waals surface area contributed by atoms with Crippen molar-refractivity contribution in [2.75, 3.05) is 5.32 Å². The minimum absolute atomic E-state index is 0.0295. The van der Waals surface area contributed by atoms with Gasteiger partial charge >= 0.3 is 0 Å². The van der Waals surface area contributed by atoms with E-state index in [4.69, 9.17) is 0 Å². The van der Waals surface area contributed by atoms with Gasteiger partial charge in [0, 0.05) is 12.1 Å². The minimum atomic E-state index is -0.351. The molecule has 0 bridgehead atoms. The van der Waals surface area contributed by atoms with Crippen LogP contribution in [0.1, 0.15) is 27.6 Å². The highest BCUT2D eigenvalue weighted by Gasteiger charge is 2.32. The summed E-state index contributed by atoms with van der Waals surface area (Å²) in [7, 11) is 0. The number of carbonyl (C=O) groups excluding carboxylic acids is 2. The summed E-state index contributed by atoms with van der Waals surface area (Å²) in [6.45, 7) is 0. The topological polar surface area (TPSA) is 46.2 Å². The zero-order valence-corrected chi connectivity index (χ0v) is 10.4. The highest BCUT2D eigenvalue weighted by atomic mass is 32.1. The van der Waals surface area contributed by atoms with Gasteiger partial charge in [-0.2, -0.15) is 0 Å². The molecule has 90 valence electrons. The molecule has 0 saturated carbocycles. The van der Waals surface area contributed by atoms with Crippen LogP contribution in [0, 0.1) is 0 Å². The molecule has 1 aliphatic rings. The van der Waals surface area contributed by atoms with E-state index in [2.05, 4.69) is 5.32 Å². The van der Waals surface area contributed by atoms with Gasteiger partial charge in [0.15, 0.2) is 5.78 Å². The highest BCUT2D eigenvalue weighted by molar-refractivity contribution is 7.12. The second-order valence-corrected chi connectivity index (χ2v) is 5.18. The Hall–Kier alpha value is -1.94. The van der Waals surface area contributed by atoms with Gasteiger partial charge < -0.3 is 5.32 Å². The number of carbonyl (C=O) groups is 2. The van der Waals surface area contributed by atoms with Gasteiger partial charge in [-0.15, -0.1) is 11.3 Å². The third-order valence-corrected chi connectivity index (χ3v) is 4.01. The van der Waals surface area contributed by atoms with E-state index in [-0.39, 0.29) is 24.0 Å². The van der Waals surface area contributed by atoms with Crippen LogP contribution in [0.25, 0.3) is 0 Å². The molecule has 0 fully saturated rings. The summed E-state index contributed by atoms with van der Waals surface area (Å²) in [6, 6.07) is 11.2. The Kier molecular flexibility index (Phi) is 2.72. The van der Waals surface area contributed by atoms with Crippen molar-refractivity contribution in [2.45, 2.75) is 12.3 Å². The molecule has 0 aliphatic carbocycles. The number of Topliss-reactive ketones (excluding diaryl/α,β-unsaturated/α-hetero) is 1. The minimum Gasteiger partial charge on any atom is -0.325 e. The number of para-hydroxylation sites is 1. The van der Waals surface area contributed by atoms with Crippen molar-refractivity contribution in [1.82, 2.24) is 0 Å². The monoisotopic (exact) mass is 257 g/mol. The molecule has 1 unspecified atom stereocenters. The van der Waals surface area contributed by atoms with Crippen molar-refractivity contribution >= 4 is 28.7 Å². The summed E-state index contributed by atoms with van der Waals surface area (Å²) in [5, 5.41) is 4.68. The van der Waals surface area contributed by atoms with Crippen LogP contribution in [0.5, 0.6) is 0 Å². The fraction of sp³-hybridized carbons (Fsp3) is 0.143. The van der Waals surface area contributed by atoms with Crippen LogP contribution < -0.4 is 5.32 Å². The van der Waals surface area contributed by atoms with E-state index in [1.807, 2.05) is 35.7 Å². The maximum absolute atomic E-state index is 12.0. The zero-order chi connectivity index (χ0) is 12.5. The van der Waals surface area contributed by atoms with Gasteiger partial charge in [0.2, 0.25) is 5.91 Å². The molecular formula is C14H11NO2S. The molecule has 0 radical (unpaired) electrons. The third kappa shape index (κ3) is 1.84. The maximum atomic E-state index is 12.0. The van der Waals surface area contributed by atoms with E-state index >= 15 is 0 Å². The van der Waals surface area contributed by atoms with Gasteiger partial charge in [-0.25, -0.2) is 0 Å². The van der Waals surface area contributed by atoms with Crippen LogP contribution in [-0.2, 0) is 4.79 Å². The Bertz CT molecular complexity index is 604. The summed E-state index contributed by atoms with van der Waals surface area (Å²) in [5.41, 5.74) is 1.75. The number of anilines is 1. The first kappa shape index (κ1) is 11.2. The highest BCUT2D eigenvalue weighted by Crippen LogP contribution is 2.35. The Morgan fingerprint density at radius 1 is 1.22 bits per heavy atom. The average Bonchev–Trinajstić information content (AvgIpc) is 2.98. The Morgan fingerprint density at radius 3 is 2.83 bits per heavy atom. The second-order valence-electron chi connectivity index (χ2n) is 4.23. The zero-order valence-electron chi connectivity index (χ0n) is 9.55. The molecule has 0 saturated heterocycles. The number of nitrogens with one attached hydrogen (secondary N) is 1. The van der Waals surface area contributed by atoms with Crippen LogP contribution in [0.15, 0.2) is 41.8 Å².